The van der Waals surface area contributed by atoms with Crippen LogP contribution in [0.15, 0.2) is 23.3 Å². The third-order valence-electron chi connectivity index (χ3n) is 4.54. The zero-order valence-electron chi connectivity index (χ0n) is 15.6. The minimum atomic E-state index is -0.292. The predicted molar refractivity (Wildman–Crippen MR) is 115 cm³/mol. The van der Waals surface area contributed by atoms with E-state index in [2.05, 4.69) is 25.9 Å². The Morgan fingerprint density at radius 1 is 1.37 bits per heavy atom. The van der Waals surface area contributed by atoms with Crippen molar-refractivity contribution in [3.8, 4) is 0 Å². The SMILES string of the molecule is CCNC(=NCCNC(=O)C1CC1)NC1CCN(c2ncccc2F)C1.I. The Hall–Kier alpha value is -1.65. The van der Waals surface area contributed by atoms with Gasteiger partial charge in [0.25, 0.3) is 0 Å². The molecule has 0 spiro atoms. The van der Waals surface area contributed by atoms with Crippen molar-refractivity contribution in [2.24, 2.45) is 10.9 Å². The fourth-order valence-corrected chi connectivity index (χ4v) is 3.03. The highest BCUT2D eigenvalue weighted by molar-refractivity contribution is 14.0. The van der Waals surface area contributed by atoms with Crippen LogP contribution in [0, 0.1) is 11.7 Å². The lowest BCUT2D eigenvalue weighted by molar-refractivity contribution is -0.122. The van der Waals surface area contributed by atoms with E-state index in [1.54, 1.807) is 12.3 Å². The zero-order chi connectivity index (χ0) is 18.4. The van der Waals surface area contributed by atoms with E-state index in [-0.39, 0.29) is 47.7 Å². The number of hydrogen-bond donors (Lipinski definition) is 3. The number of halogens is 2. The summed E-state index contributed by atoms with van der Waals surface area (Å²) in [6, 6.07) is 3.21. The molecule has 2 fully saturated rings. The molecule has 1 atom stereocenters. The molecular weight excluding hydrogens is 462 g/mol. The van der Waals surface area contributed by atoms with Gasteiger partial charge in [0.05, 0.1) is 6.54 Å². The number of carbonyl (C=O) groups is 1. The Balaban J connectivity index is 0.00000261. The van der Waals surface area contributed by atoms with Gasteiger partial charge in [0, 0.05) is 44.3 Å². The first-order valence-corrected chi connectivity index (χ1v) is 9.35. The Bertz CT molecular complexity index is 654. The van der Waals surface area contributed by atoms with Crippen LogP contribution in [0.4, 0.5) is 10.2 Å². The van der Waals surface area contributed by atoms with E-state index < -0.39 is 0 Å². The van der Waals surface area contributed by atoms with Crippen molar-refractivity contribution in [2.75, 3.05) is 37.6 Å². The molecule has 1 amide bonds. The summed E-state index contributed by atoms with van der Waals surface area (Å²) in [5.41, 5.74) is 0. The van der Waals surface area contributed by atoms with Gasteiger partial charge in [0.2, 0.25) is 5.91 Å². The van der Waals surface area contributed by atoms with Gasteiger partial charge in [-0.2, -0.15) is 0 Å². The third kappa shape index (κ3) is 6.47. The molecule has 1 saturated heterocycles. The van der Waals surface area contributed by atoms with Gasteiger partial charge in [-0.1, -0.05) is 0 Å². The van der Waals surface area contributed by atoms with Crippen LogP contribution < -0.4 is 20.9 Å². The van der Waals surface area contributed by atoms with Crippen LogP contribution >= 0.6 is 24.0 Å². The highest BCUT2D eigenvalue weighted by Crippen LogP contribution is 2.28. The fourth-order valence-electron chi connectivity index (χ4n) is 3.03. The molecule has 1 unspecified atom stereocenters. The molecule has 0 radical (unpaired) electrons. The number of pyridine rings is 1. The first-order chi connectivity index (χ1) is 12.7. The summed E-state index contributed by atoms with van der Waals surface area (Å²) >= 11 is 0. The maximum atomic E-state index is 13.9. The molecule has 9 heteroatoms. The molecule has 0 aromatic carbocycles. The first-order valence-electron chi connectivity index (χ1n) is 9.35. The Labute approximate surface area is 176 Å². The number of nitrogens with one attached hydrogen (secondary N) is 3. The molecule has 3 N–H and O–H groups in total. The minimum Gasteiger partial charge on any atom is -0.357 e. The molecule has 27 heavy (non-hydrogen) atoms. The van der Waals surface area contributed by atoms with Crippen molar-refractivity contribution >= 4 is 41.7 Å². The molecule has 1 saturated carbocycles. The van der Waals surface area contributed by atoms with Crippen LogP contribution in [-0.4, -0.2) is 55.6 Å². The van der Waals surface area contributed by atoms with E-state index in [4.69, 9.17) is 0 Å². The van der Waals surface area contributed by atoms with Crippen LogP contribution in [0.1, 0.15) is 26.2 Å². The Morgan fingerprint density at radius 2 is 2.19 bits per heavy atom. The van der Waals surface area contributed by atoms with Crippen LogP contribution in [0.3, 0.4) is 0 Å². The van der Waals surface area contributed by atoms with Crippen LogP contribution in [-0.2, 0) is 4.79 Å². The maximum Gasteiger partial charge on any atom is 0.223 e. The average Bonchev–Trinajstić information content (AvgIpc) is 3.39. The Kier molecular flexibility index (Phi) is 8.52. The van der Waals surface area contributed by atoms with E-state index in [1.165, 1.54) is 6.07 Å². The summed E-state index contributed by atoms with van der Waals surface area (Å²) in [5, 5.41) is 9.52. The van der Waals surface area contributed by atoms with Crippen LogP contribution in [0.5, 0.6) is 0 Å². The van der Waals surface area contributed by atoms with Crippen molar-refractivity contribution in [1.82, 2.24) is 20.9 Å². The molecule has 3 rings (SSSR count). The van der Waals surface area contributed by atoms with Gasteiger partial charge in [0.1, 0.15) is 0 Å². The van der Waals surface area contributed by atoms with Crippen molar-refractivity contribution < 1.29 is 9.18 Å². The molecule has 1 aromatic rings. The first kappa shape index (κ1) is 21.6. The molecule has 7 nitrogen and oxygen atoms in total. The minimum absolute atomic E-state index is 0. The van der Waals surface area contributed by atoms with Gasteiger partial charge in [-0.05, 0) is 38.3 Å². The number of anilines is 1. The number of carbonyl (C=O) groups excluding carboxylic acids is 1. The molecule has 1 aromatic heterocycles. The molecule has 1 aliphatic heterocycles. The van der Waals surface area contributed by atoms with Gasteiger partial charge in [-0.3, -0.25) is 9.79 Å². The number of guanidine groups is 1. The topological polar surface area (TPSA) is 81.6 Å². The predicted octanol–water partition coefficient (Wildman–Crippen LogP) is 1.50. The van der Waals surface area contributed by atoms with Gasteiger partial charge in [-0.25, -0.2) is 9.37 Å². The summed E-state index contributed by atoms with van der Waals surface area (Å²) in [5.74, 6) is 1.20. The van der Waals surface area contributed by atoms with Crippen LogP contribution in [0.2, 0.25) is 0 Å². The largest absolute Gasteiger partial charge is 0.357 e. The number of nitrogens with zero attached hydrogens (tertiary/aromatic N) is 3. The van der Waals surface area contributed by atoms with Gasteiger partial charge in [-0.15, -0.1) is 24.0 Å². The van der Waals surface area contributed by atoms with E-state index in [9.17, 15) is 9.18 Å². The van der Waals surface area contributed by atoms with Crippen molar-refractivity contribution in [1.29, 1.82) is 0 Å². The lowest BCUT2D eigenvalue weighted by Gasteiger charge is -2.20. The zero-order valence-corrected chi connectivity index (χ0v) is 17.9. The van der Waals surface area contributed by atoms with Crippen molar-refractivity contribution in [2.45, 2.75) is 32.2 Å². The smallest absolute Gasteiger partial charge is 0.223 e. The lowest BCUT2D eigenvalue weighted by Crippen LogP contribution is -2.45. The number of aromatic nitrogens is 1. The highest BCUT2D eigenvalue weighted by atomic mass is 127. The molecule has 2 heterocycles. The number of hydrogen-bond acceptors (Lipinski definition) is 4. The number of aliphatic imine (C=N–C) groups is 1. The number of rotatable bonds is 7. The van der Waals surface area contributed by atoms with E-state index in [0.717, 1.165) is 38.3 Å². The summed E-state index contributed by atoms with van der Waals surface area (Å²) in [4.78, 5) is 22.2. The molecule has 2 aliphatic rings. The van der Waals surface area contributed by atoms with Crippen molar-refractivity contribution in [3.05, 3.63) is 24.1 Å². The lowest BCUT2D eigenvalue weighted by atomic mass is 10.3. The summed E-state index contributed by atoms with van der Waals surface area (Å²) < 4.78 is 13.9. The number of amides is 1. The molecule has 150 valence electrons. The maximum absolute atomic E-state index is 13.9. The van der Waals surface area contributed by atoms with E-state index >= 15 is 0 Å². The monoisotopic (exact) mass is 490 g/mol. The van der Waals surface area contributed by atoms with Gasteiger partial charge in [0.15, 0.2) is 17.6 Å². The van der Waals surface area contributed by atoms with Crippen molar-refractivity contribution in [3.63, 3.8) is 0 Å². The van der Waals surface area contributed by atoms with Crippen LogP contribution in [0.25, 0.3) is 0 Å². The Morgan fingerprint density at radius 3 is 2.89 bits per heavy atom. The summed E-state index contributed by atoms with van der Waals surface area (Å²) in [6.07, 6.45) is 4.52. The second-order valence-electron chi connectivity index (χ2n) is 6.71. The second-order valence-corrected chi connectivity index (χ2v) is 6.71. The quantitative estimate of drug-likeness (QED) is 0.234. The standard InChI is InChI=1S/C18H27FN6O.HI/c1-2-20-18(23-10-9-22-17(26)13-5-6-13)24-14-7-11-25(12-14)16-15(19)4-3-8-21-16;/h3-4,8,13-14H,2,5-7,9-12H2,1H3,(H,22,26)(H2,20,23,24);1H. The normalized spacial score (nSPS) is 19.4. The fraction of sp³-hybridized carbons (Fsp3) is 0.611. The molecule has 1 aliphatic carbocycles. The summed E-state index contributed by atoms with van der Waals surface area (Å²) in [6.45, 7) is 5.27. The van der Waals surface area contributed by atoms with E-state index in [0.29, 0.717) is 25.5 Å². The van der Waals surface area contributed by atoms with Gasteiger partial charge >= 0.3 is 0 Å². The van der Waals surface area contributed by atoms with E-state index in [1.807, 2.05) is 11.8 Å². The average molecular weight is 490 g/mol. The molecular formula is C18H28FIN6O. The highest BCUT2D eigenvalue weighted by Gasteiger charge is 2.29. The second kappa shape index (κ2) is 10.6. The van der Waals surface area contributed by atoms with Gasteiger partial charge < -0.3 is 20.9 Å². The molecule has 0 bridgehead atoms. The summed E-state index contributed by atoms with van der Waals surface area (Å²) in [7, 11) is 0. The third-order valence-corrected chi connectivity index (χ3v) is 4.54.